The fourth-order valence-electron chi connectivity index (χ4n) is 4.17. The number of ether oxygens (including phenoxy) is 3. The highest BCUT2D eigenvalue weighted by atomic mass is 16.5. The summed E-state index contributed by atoms with van der Waals surface area (Å²) in [6, 6.07) is 20.5. The van der Waals surface area contributed by atoms with Crippen LogP contribution in [0.1, 0.15) is 38.1 Å². The van der Waals surface area contributed by atoms with Gasteiger partial charge in [0.05, 0.1) is 32.5 Å². The van der Waals surface area contributed by atoms with Gasteiger partial charge in [-0.1, -0.05) is 30.3 Å². The van der Waals surface area contributed by atoms with E-state index in [9.17, 15) is 9.59 Å². The van der Waals surface area contributed by atoms with E-state index in [0.29, 0.717) is 37.5 Å². The summed E-state index contributed by atoms with van der Waals surface area (Å²) < 4.78 is 16.6. The van der Waals surface area contributed by atoms with Gasteiger partial charge < -0.3 is 19.1 Å². The average Bonchev–Trinajstić information content (AvgIpc) is 2.95. The lowest BCUT2D eigenvalue weighted by atomic mass is 10.1. The monoisotopic (exact) mass is 489 g/mol. The average molecular weight is 490 g/mol. The highest BCUT2D eigenvalue weighted by Gasteiger charge is 2.25. The fourth-order valence-corrected chi connectivity index (χ4v) is 4.17. The van der Waals surface area contributed by atoms with Gasteiger partial charge in [0.2, 0.25) is 0 Å². The molecule has 36 heavy (non-hydrogen) atoms. The van der Waals surface area contributed by atoms with Crippen LogP contribution in [0.4, 0.5) is 0 Å². The number of methoxy groups -OCH3 is 2. The molecule has 2 heterocycles. The molecule has 0 N–H and O–H groups in total. The van der Waals surface area contributed by atoms with Crippen LogP contribution in [0.3, 0.4) is 0 Å². The molecule has 8 nitrogen and oxygen atoms in total. The molecule has 4 rings (SSSR count). The number of hydrogen-bond donors (Lipinski definition) is 0. The molecular formula is C28H31N3O5. The van der Waals surface area contributed by atoms with Crippen LogP contribution in [-0.2, 0) is 16.1 Å². The van der Waals surface area contributed by atoms with Gasteiger partial charge in [-0.3, -0.25) is 14.7 Å². The number of rotatable bonds is 9. The molecule has 8 heteroatoms. The van der Waals surface area contributed by atoms with E-state index in [0.717, 1.165) is 30.0 Å². The molecule has 0 aliphatic carbocycles. The standard InChI is InChI=1S/C28H31N3O5/c1-34-24-7-5-6-23(18-24)26(36-20-21-9-11-22(12-10-21)28(33)35-2)19-30-14-16-31(17-15-30)27(32)25-8-3-4-13-29-25/h3-13,18,26H,14-17,19-20H2,1-2H3. The van der Waals surface area contributed by atoms with Crippen molar-refractivity contribution >= 4 is 11.9 Å². The molecule has 0 spiro atoms. The summed E-state index contributed by atoms with van der Waals surface area (Å²) in [6.07, 6.45) is 1.45. The van der Waals surface area contributed by atoms with Crippen molar-refractivity contribution in [2.75, 3.05) is 46.9 Å². The Kier molecular flexibility index (Phi) is 8.65. The SMILES string of the molecule is COC(=O)c1ccc(COC(CN2CCN(C(=O)c3ccccn3)CC2)c2cccc(OC)c2)cc1. The topological polar surface area (TPSA) is 81.2 Å². The highest BCUT2D eigenvalue weighted by molar-refractivity contribution is 5.92. The number of carbonyl (C=O) groups excluding carboxylic acids is 2. The number of amides is 1. The molecule has 0 bridgehead atoms. The molecule has 1 amide bonds. The van der Waals surface area contributed by atoms with Gasteiger partial charge >= 0.3 is 5.97 Å². The fraction of sp³-hybridized carbons (Fsp3) is 0.321. The minimum Gasteiger partial charge on any atom is -0.497 e. The summed E-state index contributed by atoms with van der Waals surface area (Å²) in [5, 5.41) is 0. The van der Waals surface area contributed by atoms with E-state index < -0.39 is 0 Å². The summed E-state index contributed by atoms with van der Waals surface area (Å²) >= 11 is 0. The van der Waals surface area contributed by atoms with Gasteiger partial charge in [0, 0.05) is 38.9 Å². The Morgan fingerprint density at radius 2 is 1.72 bits per heavy atom. The van der Waals surface area contributed by atoms with Crippen LogP contribution >= 0.6 is 0 Å². The van der Waals surface area contributed by atoms with Gasteiger partial charge in [-0.05, 0) is 47.5 Å². The second kappa shape index (κ2) is 12.3. The van der Waals surface area contributed by atoms with E-state index in [1.54, 1.807) is 37.6 Å². The molecule has 188 valence electrons. The molecule has 1 aliphatic heterocycles. The number of esters is 1. The van der Waals surface area contributed by atoms with E-state index in [1.807, 2.05) is 47.4 Å². The van der Waals surface area contributed by atoms with E-state index in [-0.39, 0.29) is 18.0 Å². The molecular weight excluding hydrogens is 458 g/mol. The number of piperazine rings is 1. The van der Waals surface area contributed by atoms with Crippen molar-refractivity contribution in [3.8, 4) is 5.75 Å². The normalized spacial score (nSPS) is 14.8. The van der Waals surface area contributed by atoms with Crippen LogP contribution in [0.25, 0.3) is 0 Å². The molecule has 1 aromatic heterocycles. The Morgan fingerprint density at radius 1 is 0.944 bits per heavy atom. The molecule has 3 aromatic rings. The zero-order valence-corrected chi connectivity index (χ0v) is 20.6. The molecule has 1 atom stereocenters. The van der Waals surface area contributed by atoms with Gasteiger partial charge in [-0.25, -0.2) is 4.79 Å². The smallest absolute Gasteiger partial charge is 0.337 e. The van der Waals surface area contributed by atoms with Crippen molar-refractivity contribution in [2.24, 2.45) is 0 Å². The van der Waals surface area contributed by atoms with Crippen LogP contribution < -0.4 is 4.74 Å². The van der Waals surface area contributed by atoms with Crippen LogP contribution in [0.15, 0.2) is 72.9 Å². The van der Waals surface area contributed by atoms with Gasteiger partial charge in [0.1, 0.15) is 11.4 Å². The van der Waals surface area contributed by atoms with Crippen molar-refractivity contribution in [3.63, 3.8) is 0 Å². The predicted octanol–water partition coefficient (Wildman–Crippen LogP) is 3.59. The zero-order valence-electron chi connectivity index (χ0n) is 20.6. The van der Waals surface area contributed by atoms with E-state index in [2.05, 4.69) is 9.88 Å². The van der Waals surface area contributed by atoms with Gasteiger partial charge in [0.15, 0.2) is 0 Å². The first kappa shape index (κ1) is 25.3. The number of benzene rings is 2. The van der Waals surface area contributed by atoms with Crippen molar-refractivity contribution in [1.82, 2.24) is 14.8 Å². The molecule has 1 unspecified atom stereocenters. The molecule has 1 saturated heterocycles. The molecule has 1 aliphatic rings. The minimum atomic E-state index is -0.364. The summed E-state index contributed by atoms with van der Waals surface area (Å²) in [5.74, 6) is 0.373. The van der Waals surface area contributed by atoms with Gasteiger partial charge in [0.25, 0.3) is 5.91 Å². The van der Waals surface area contributed by atoms with E-state index >= 15 is 0 Å². The first-order valence-electron chi connectivity index (χ1n) is 11.9. The summed E-state index contributed by atoms with van der Waals surface area (Å²) in [6.45, 7) is 3.83. The second-order valence-electron chi connectivity index (χ2n) is 8.57. The quantitative estimate of drug-likeness (QED) is 0.425. The largest absolute Gasteiger partial charge is 0.497 e. The maximum absolute atomic E-state index is 12.7. The lowest BCUT2D eigenvalue weighted by molar-refractivity contribution is 0.00325. The Balaban J connectivity index is 1.40. The van der Waals surface area contributed by atoms with Crippen molar-refractivity contribution in [1.29, 1.82) is 0 Å². The second-order valence-corrected chi connectivity index (χ2v) is 8.57. The highest BCUT2D eigenvalue weighted by Crippen LogP contribution is 2.25. The van der Waals surface area contributed by atoms with E-state index in [1.165, 1.54) is 7.11 Å². The van der Waals surface area contributed by atoms with Crippen LogP contribution in [0.5, 0.6) is 5.75 Å². The summed E-state index contributed by atoms with van der Waals surface area (Å²) in [4.78, 5) is 32.8. The number of hydrogen-bond acceptors (Lipinski definition) is 7. The van der Waals surface area contributed by atoms with Crippen LogP contribution in [-0.4, -0.2) is 73.6 Å². The summed E-state index contributed by atoms with van der Waals surface area (Å²) in [5.41, 5.74) is 2.96. The third-order valence-electron chi connectivity index (χ3n) is 6.26. The van der Waals surface area contributed by atoms with Crippen LogP contribution in [0, 0.1) is 0 Å². The lowest BCUT2D eigenvalue weighted by Gasteiger charge is -2.36. The summed E-state index contributed by atoms with van der Waals surface area (Å²) in [7, 11) is 3.02. The predicted molar refractivity (Wildman–Crippen MR) is 135 cm³/mol. The number of pyridine rings is 1. The first-order valence-corrected chi connectivity index (χ1v) is 11.9. The third-order valence-corrected chi connectivity index (χ3v) is 6.26. The number of carbonyl (C=O) groups is 2. The molecule has 1 fully saturated rings. The Hall–Kier alpha value is -3.75. The molecule has 2 aromatic carbocycles. The van der Waals surface area contributed by atoms with Crippen molar-refractivity contribution < 1.29 is 23.8 Å². The third kappa shape index (κ3) is 6.47. The minimum absolute atomic E-state index is 0.0359. The maximum Gasteiger partial charge on any atom is 0.337 e. The number of aromatic nitrogens is 1. The van der Waals surface area contributed by atoms with Crippen molar-refractivity contribution in [3.05, 3.63) is 95.3 Å². The Labute approximate surface area is 211 Å². The number of nitrogens with zero attached hydrogens (tertiary/aromatic N) is 3. The Bertz CT molecular complexity index is 1150. The maximum atomic E-state index is 12.7. The first-order chi connectivity index (χ1) is 17.6. The van der Waals surface area contributed by atoms with Gasteiger partial charge in [-0.15, -0.1) is 0 Å². The van der Waals surface area contributed by atoms with Crippen molar-refractivity contribution in [2.45, 2.75) is 12.7 Å². The Morgan fingerprint density at radius 3 is 2.39 bits per heavy atom. The lowest BCUT2D eigenvalue weighted by Crippen LogP contribution is -2.49. The van der Waals surface area contributed by atoms with E-state index in [4.69, 9.17) is 14.2 Å². The molecule has 0 saturated carbocycles. The zero-order chi connectivity index (χ0) is 25.3. The van der Waals surface area contributed by atoms with Crippen LogP contribution in [0.2, 0.25) is 0 Å². The molecule has 0 radical (unpaired) electrons. The van der Waals surface area contributed by atoms with Gasteiger partial charge in [-0.2, -0.15) is 0 Å².